The van der Waals surface area contributed by atoms with E-state index in [0.29, 0.717) is 16.1 Å². The van der Waals surface area contributed by atoms with Crippen LogP contribution in [-0.4, -0.2) is 18.4 Å². The smallest absolute Gasteiger partial charge is 0.306 e. The highest BCUT2D eigenvalue weighted by atomic mass is 35.5. The zero-order chi connectivity index (χ0) is 16.6. The molecule has 23 heavy (non-hydrogen) atoms. The van der Waals surface area contributed by atoms with E-state index >= 15 is 0 Å². The van der Waals surface area contributed by atoms with E-state index in [-0.39, 0.29) is 10.6 Å². The van der Waals surface area contributed by atoms with E-state index in [9.17, 15) is 13.2 Å². The van der Waals surface area contributed by atoms with Crippen LogP contribution in [0.5, 0.6) is 0 Å². The Morgan fingerprint density at radius 1 is 1.09 bits per heavy atom. The Labute approximate surface area is 137 Å². The molecule has 0 spiro atoms. The number of imidazole rings is 1. The van der Waals surface area contributed by atoms with Crippen molar-refractivity contribution < 1.29 is 8.42 Å². The van der Waals surface area contributed by atoms with Crippen molar-refractivity contribution >= 4 is 32.7 Å². The second-order valence-electron chi connectivity index (χ2n) is 5.18. The summed E-state index contributed by atoms with van der Waals surface area (Å²) < 4.78 is 27.6. The number of hydrogen-bond donors (Lipinski definition) is 3. The minimum Gasteiger partial charge on any atom is -0.306 e. The molecule has 0 amide bonds. The Balaban J connectivity index is 1.91. The lowest BCUT2D eigenvalue weighted by Crippen LogP contribution is -2.26. The van der Waals surface area contributed by atoms with Gasteiger partial charge in [-0.1, -0.05) is 23.7 Å². The first kappa shape index (κ1) is 15.8. The number of benzene rings is 2. The molecule has 0 saturated heterocycles. The van der Waals surface area contributed by atoms with E-state index in [0.717, 1.165) is 5.56 Å². The maximum atomic E-state index is 12.5. The SMILES string of the molecule is C[C@@H](NS(=O)(=O)c1ccc2[nH]c(=O)[nH]c2c1)c1cccc(Cl)c1. The maximum absolute atomic E-state index is 12.5. The minimum absolute atomic E-state index is 0.0779. The van der Waals surface area contributed by atoms with Crippen LogP contribution in [-0.2, 0) is 10.0 Å². The predicted octanol–water partition coefficient (Wildman–Crippen LogP) is 2.55. The Hall–Kier alpha value is -2.09. The van der Waals surface area contributed by atoms with Gasteiger partial charge in [-0.25, -0.2) is 17.9 Å². The summed E-state index contributed by atoms with van der Waals surface area (Å²) in [4.78, 5) is 16.4. The first-order chi connectivity index (χ1) is 10.8. The van der Waals surface area contributed by atoms with Gasteiger partial charge in [0.1, 0.15) is 0 Å². The molecule has 0 saturated carbocycles. The second-order valence-corrected chi connectivity index (χ2v) is 7.33. The molecule has 0 bridgehead atoms. The Bertz CT molecular complexity index is 1020. The van der Waals surface area contributed by atoms with Crippen LogP contribution in [0.15, 0.2) is 52.2 Å². The molecule has 0 radical (unpaired) electrons. The Morgan fingerprint density at radius 3 is 2.57 bits per heavy atom. The van der Waals surface area contributed by atoms with Crippen LogP contribution < -0.4 is 10.4 Å². The number of fused-ring (bicyclic) bond motifs is 1. The fourth-order valence-corrected chi connectivity index (χ4v) is 3.78. The quantitative estimate of drug-likeness (QED) is 0.674. The third-order valence-corrected chi connectivity index (χ3v) is 5.25. The summed E-state index contributed by atoms with van der Waals surface area (Å²) in [5.74, 6) is 0. The molecule has 120 valence electrons. The second kappa shape index (κ2) is 5.84. The first-order valence-electron chi connectivity index (χ1n) is 6.85. The molecule has 6 nitrogen and oxygen atoms in total. The van der Waals surface area contributed by atoms with E-state index in [1.807, 2.05) is 0 Å². The van der Waals surface area contributed by atoms with Crippen LogP contribution in [0, 0.1) is 0 Å². The fraction of sp³-hybridized carbons (Fsp3) is 0.133. The van der Waals surface area contributed by atoms with E-state index in [2.05, 4.69) is 14.7 Å². The van der Waals surface area contributed by atoms with Gasteiger partial charge in [0.15, 0.2) is 0 Å². The van der Waals surface area contributed by atoms with Crippen molar-refractivity contribution in [3.05, 3.63) is 63.5 Å². The highest BCUT2D eigenvalue weighted by molar-refractivity contribution is 7.89. The number of nitrogens with one attached hydrogen (secondary N) is 3. The molecule has 0 aliphatic carbocycles. The van der Waals surface area contributed by atoms with Crippen molar-refractivity contribution in [2.45, 2.75) is 17.9 Å². The third kappa shape index (κ3) is 3.31. The van der Waals surface area contributed by atoms with Crippen LogP contribution in [0.1, 0.15) is 18.5 Å². The highest BCUT2D eigenvalue weighted by Crippen LogP contribution is 2.21. The number of H-pyrrole nitrogens is 2. The van der Waals surface area contributed by atoms with Gasteiger partial charge in [0.2, 0.25) is 10.0 Å². The monoisotopic (exact) mass is 351 g/mol. The number of sulfonamides is 1. The van der Waals surface area contributed by atoms with Gasteiger partial charge in [0, 0.05) is 11.1 Å². The summed E-state index contributed by atoms with van der Waals surface area (Å²) >= 11 is 5.93. The van der Waals surface area contributed by atoms with Crippen molar-refractivity contribution in [3.63, 3.8) is 0 Å². The third-order valence-electron chi connectivity index (χ3n) is 3.48. The van der Waals surface area contributed by atoms with E-state index in [4.69, 9.17) is 11.6 Å². The van der Waals surface area contributed by atoms with Gasteiger partial charge in [-0.15, -0.1) is 0 Å². The lowest BCUT2D eigenvalue weighted by atomic mass is 10.1. The largest absolute Gasteiger partial charge is 0.323 e. The number of aromatic nitrogens is 2. The van der Waals surface area contributed by atoms with Gasteiger partial charge in [-0.05, 0) is 42.8 Å². The van der Waals surface area contributed by atoms with Crippen LogP contribution in [0.4, 0.5) is 0 Å². The van der Waals surface area contributed by atoms with Gasteiger partial charge < -0.3 is 9.97 Å². The lowest BCUT2D eigenvalue weighted by Gasteiger charge is -2.15. The first-order valence-corrected chi connectivity index (χ1v) is 8.71. The number of hydrogen-bond acceptors (Lipinski definition) is 3. The molecule has 0 aliphatic heterocycles. The number of halogens is 1. The van der Waals surface area contributed by atoms with Crippen LogP contribution >= 0.6 is 11.6 Å². The van der Waals surface area contributed by atoms with Gasteiger partial charge in [0.05, 0.1) is 15.9 Å². The molecule has 8 heteroatoms. The lowest BCUT2D eigenvalue weighted by molar-refractivity contribution is 0.567. The van der Waals surface area contributed by atoms with Crippen molar-refractivity contribution in [2.24, 2.45) is 0 Å². The molecule has 0 aliphatic rings. The Kier molecular flexibility index (Phi) is 4.01. The highest BCUT2D eigenvalue weighted by Gasteiger charge is 2.19. The maximum Gasteiger partial charge on any atom is 0.323 e. The molecular weight excluding hydrogens is 338 g/mol. The zero-order valence-corrected chi connectivity index (χ0v) is 13.7. The summed E-state index contributed by atoms with van der Waals surface area (Å²) in [6.07, 6.45) is 0. The summed E-state index contributed by atoms with van der Waals surface area (Å²) in [7, 11) is -3.73. The normalized spacial score (nSPS) is 13.3. The molecule has 0 fully saturated rings. The zero-order valence-electron chi connectivity index (χ0n) is 12.1. The summed E-state index contributed by atoms with van der Waals surface area (Å²) in [6.45, 7) is 1.74. The van der Waals surface area contributed by atoms with Crippen molar-refractivity contribution in [1.82, 2.24) is 14.7 Å². The van der Waals surface area contributed by atoms with Crippen molar-refractivity contribution in [3.8, 4) is 0 Å². The molecule has 1 aromatic heterocycles. The molecule has 1 atom stereocenters. The summed E-state index contributed by atoms with van der Waals surface area (Å²) in [5, 5.41) is 0.542. The van der Waals surface area contributed by atoms with Gasteiger partial charge in [-0.2, -0.15) is 0 Å². The van der Waals surface area contributed by atoms with E-state index in [1.165, 1.54) is 12.1 Å². The molecular formula is C15H14ClN3O3S. The van der Waals surface area contributed by atoms with Crippen LogP contribution in [0.2, 0.25) is 5.02 Å². The summed E-state index contributed by atoms with van der Waals surface area (Å²) in [5.41, 5.74) is 1.37. The molecule has 1 heterocycles. The number of rotatable bonds is 4. The average Bonchev–Trinajstić information content (AvgIpc) is 2.85. The van der Waals surface area contributed by atoms with Gasteiger partial charge >= 0.3 is 5.69 Å². The van der Waals surface area contributed by atoms with Crippen molar-refractivity contribution in [1.29, 1.82) is 0 Å². The number of aromatic amines is 2. The molecule has 3 aromatic rings. The predicted molar refractivity (Wildman–Crippen MR) is 89.1 cm³/mol. The van der Waals surface area contributed by atoms with E-state index in [1.54, 1.807) is 37.3 Å². The summed E-state index contributed by atoms with van der Waals surface area (Å²) in [6, 6.07) is 11.0. The van der Waals surface area contributed by atoms with Crippen LogP contribution in [0.25, 0.3) is 11.0 Å². The fourth-order valence-electron chi connectivity index (χ4n) is 2.32. The topological polar surface area (TPSA) is 94.8 Å². The minimum atomic E-state index is -3.73. The van der Waals surface area contributed by atoms with Crippen LogP contribution in [0.3, 0.4) is 0 Å². The molecule has 2 aromatic carbocycles. The standard InChI is InChI=1S/C15H14ClN3O3S/c1-9(10-3-2-4-11(16)7-10)19-23(21,22)12-5-6-13-14(8-12)18-15(20)17-13/h2-9,19H,1H3,(H2,17,18,20)/t9-/m1/s1. The molecule has 3 rings (SSSR count). The van der Waals surface area contributed by atoms with E-state index < -0.39 is 16.1 Å². The van der Waals surface area contributed by atoms with Gasteiger partial charge in [0.25, 0.3) is 0 Å². The molecule has 3 N–H and O–H groups in total. The molecule has 0 unspecified atom stereocenters. The Morgan fingerprint density at radius 2 is 1.83 bits per heavy atom. The van der Waals surface area contributed by atoms with Crippen molar-refractivity contribution in [2.75, 3.05) is 0 Å². The average molecular weight is 352 g/mol. The van der Waals surface area contributed by atoms with Gasteiger partial charge in [-0.3, -0.25) is 0 Å².